The van der Waals surface area contributed by atoms with Crippen molar-refractivity contribution in [2.75, 3.05) is 7.11 Å². The number of ether oxygens (including phenoxy) is 1. The van der Waals surface area contributed by atoms with Gasteiger partial charge in [-0.15, -0.1) is 0 Å². The second-order valence-electron chi connectivity index (χ2n) is 9.57. The lowest BCUT2D eigenvalue weighted by molar-refractivity contribution is 0.0595. The van der Waals surface area contributed by atoms with Crippen LogP contribution in [0.3, 0.4) is 0 Å². The molecule has 0 spiro atoms. The first-order chi connectivity index (χ1) is 20.1. The van der Waals surface area contributed by atoms with Gasteiger partial charge in [0, 0.05) is 23.8 Å². The topological polar surface area (TPSA) is 57.0 Å². The maximum absolute atomic E-state index is 15.6. The fourth-order valence-corrected chi connectivity index (χ4v) is 5.36. The largest absolute Gasteiger partial charge is 0.465 e. The van der Waals surface area contributed by atoms with Crippen LogP contribution < -0.4 is 0 Å². The standard InChI is InChI=1S/C35H26FN3O2/c1-41-34(40)29-22-30-32(20-19-25-12-11-21-37-24-25)38-39(33(30)23-31(29)36)35(26-13-5-2-6-14-26,27-15-7-3-8-16-27)28-17-9-4-10-18-28/h2-24H,1H3. The molecule has 0 amide bonds. The molecule has 0 saturated heterocycles. The van der Waals surface area contributed by atoms with E-state index in [0.29, 0.717) is 16.6 Å². The summed E-state index contributed by atoms with van der Waals surface area (Å²) in [6.07, 6.45) is 7.22. The van der Waals surface area contributed by atoms with E-state index < -0.39 is 17.3 Å². The Bertz CT molecular complexity index is 1740. The zero-order valence-electron chi connectivity index (χ0n) is 22.3. The summed E-state index contributed by atoms with van der Waals surface area (Å²) in [5.41, 5.74) is 3.69. The summed E-state index contributed by atoms with van der Waals surface area (Å²) in [4.78, 5) is 16.7. The second kappa shape index (κ2) is 11.0. The first kappa shape index (κ1) is 25.9. The van der Waals surface area contributed by atoms with E-state index in [4.69, 9.17) is 9.84 Å². The second-order valence-corrected chi connectivity index (χ2v) is 9.57. The summed E-state index contributed by atoms with van der Waals surface area (Å²) in [5, 5.41) is 5.77. The van der Waals surface area contributed by atoms with Crippen LogP contribution in [0.1, 0.15) is 38.3 Å². The fourth-order valence-electron chi connectivity index (χ4n) is 5.36. The molecule has 41 heavy (non-hydrogen) atoms. The van der Waals surface area contributed by atoms with Gasteiger partial charge < -0.3 is 4.74 Å². The predicted molar refractivity (Wildman–Crippen MR) is 159 cm³/mol. The Hall–Kier alpha value is -5.36. The Morgan fingerprint density at radius 1 is 0.805 bits per heavy atom. The molecule has 0 aliphatic heterocycles. The smallest absolute Gasteiger partial charge is 0.340 e. The van der Waals surface area contributed by atoms with Crippen LogP contribution in [0.15, 0.2) is 128 Å². The summed E-state index contributed by atoms with van der Waals surface area (Å²) in [5.74, 6) is -1.43. The van der Waals surface area contributed by atoms with Crippen LogP contribution in [-0.2, 0) is 10.3 Å². The number of aromatic nitrogens is 3. The molecular formula is C35H26FN3O2. The molecule has 2 heterocycles. The number of methoxy groups -OCH3 is 1. The fraction of sp³-hybridized carbons (Fsp3) is 0.0571. The molecule has 0 unspecified atom stereocenters. The third kappa shape index (κ3) is 4.59. The Labute approximate surface area is 237 Å². The summed E-state index contributed by atoms with van der Waals surface area (Å²) < 4.78 is 22.4. The molecule has 200 valence electrons. The van der Waals surface area contributed by atoms with Gasteiger partial charge in [-0.2, -0.15) is 5.10 Å². The maximum Gasteiger partial charge on any atom is 0.340 e. The van der Waals surface area contributed by atoms with Gasteiger partial charge >= 0.3 is 5.97 Å². The molecule has 0 fully saturated rings. The van der Waals surface area contributed by atoms with Crippen molar-refractivity contribution in [1.29, 1.82) is 0 Å². The van der Waals surface area contributed by atoms with Crippen molar-refractivity contribution in [3.8, 4) is 0 Å². The van der Waals surface area contributed by atoms with Crippen LogP contribution in [0.2, 0.25) is 0 Å². The highest BCUT2D eigenvalue weighted by molar-refractivity contribution is 5.98. The minimum Gasteiger partial charge on any atom is -0.465 e. The quantitative estimate of drug-likeness (QED) is 0.157. The highest BCUT2D eigenvalue weighted by Crippen LogP contribution is 2.43. The molecule has 6 aromatic rings. The van der Waals surface area contributed by atoms with E-state index >= 15 is 4.39 Å². The summed E-state index contributed by atoms with van der Waals surface area (Å²) >= 11 is 0. The Balaban J connectivity index is 1.74. The first-order valence-electron chi connectivity index (χ1n) is 13.2. The molecule has 0 aliphatic rings. The number of pyridine rings is 1. The van der Waals surface area contributed by atoms with Gasteiger partial charge in [0.05, 0.1) is 23.9 Å². The summed E-state index contributed by atoms with van der Waals surface area (Å²) in [6.45, 7) is 0. The van der Waals surface area contributed by atoms with Crippen LogP contribution >= 0.6 is 0 Å². The van der Waals surface area contributed by atoms with Crippen molar-refractivity contribution >= 4 is 29.0 Å². The van der Waals surface area contributed by atoms with Crippen LogP contribution in [0.4, 0.5) is 4.39 Å². The molecule has 0 bridgehead atoms. The molecule has 0 atom stereocenters. The highest BCUT2D eigenvalue weighted by atomic mass is 19.1. The molecule has 6 heteroatoms. The molecule has 2 aromatic heterocycles. The Morgan fingerprint density at radius 2 is 1.39 bits per heavy atom. The van der Waals surface area contributed by atoms with Gasteiger partial charge in [0.15, 0.2) is 0 Å². The van der Waals surface area contributed by atoms with E-state index in [1.165, 1.54) is 19.2 Å². The predicted octanol–water partition coefficient (Wildman–Crippen LogP) is 7.37. The van der Waals surface area contributed by atoms with Crippen molar-refractivity contribution in [2.24, 2.45) is 0 Å². The third-order valence-electron chi connectivity index (χ3n) is 7.21. The van der Waals surface area contributed by atoms with Gasteiger partial charge in [-0.25, -0.2) is 13.9 Å². The molecule has 0 saturated carbocycles. The monoisotopic (exact) mass is 539 g/mol. The number of fused-ring (bicyclic) bond motifs is 1. The number of esters is 1. The van der Waals surface area contributed by atoms with E-state index in [0.717, 1.165) is 22.3 Å². The maximum atomic E-state index is 15.6. The molecule has 4 aromatic carbocycles. The van der Waals surface area contributed by atoms with Gasteiger partial charge in [-0.3, -0.25) is 4.98 Å². The van der Waals surface area contributed by atoms with Crippen LogP contribution in [0.5, 0.6) is 0 Å². The lowest BCUT2D eigenvalue weighted by atomic mass is 9.77. The van der Waals surface area contributed by atoms with Crippen LogP contribution in [0.25, 0.3) is 23.1 Å². The number of hydrogen-bond donors (Lipinski definition) is 0. The zero-order chi connectivity index (χ0) is 28.2. The SMILES string of the molecule is COC(=O)c1cc2c(C=Cc3cccnc3)nn(C(c3ccccc3)(c3ccccc3)c3ccccc3)c2cc1F. The van der Waals surface area contributed by atoms with Gasteiger partial charge in [-0.05, 0) is 40.5 Å². The van der Waals surface area contributed by atoms with E-state index in [2.05, 4.69) is 41.4 Å². The van der Waals surface area contributed by atoms with Crippen molar-refractivity contribution in [3.63, 3.8) is 0 Å². The minimum atomic E-state index is -0.971. The third-order valence-corrected chi connectivity index (χ3v) is 7.21. The molecule has 0 N–H and O–H groups in total. The normalized spacial score (nSPS) is 11.7. The Morgan fingerprint density at radius 3 is 1.90 bits per heavy atom. The van der Waals surface area contributed by atoms with Crippen molar-refractivity contribution in [1.82, 2.24) is 14.8 Å². The summed E-state index contributed by atoms with van der Waals surface area (Å²) in [7, 11) is 1.24. The van der Waals surface area contributed by atoms with Gasteiger partial charge in [-0.1, -0.05) is 103 Å². The van der Waals surface area contributed by atoms with E-state index in [1.54, 1.807) is 12.4 Å². The summed E-state index contributed by atoms with van der Waals surface area (Å²) in [6, 6.07) is 36.8. The van der Waals surface area contributed by atoms with E-state index in [-0.39, 0.29) is 5.56 Å². The number of hydrogen-bond acceptors (Lipinski definition) is 4. The number of carbonyl (C=O) groups is 1. The van der Waals surface area contributed by atoms with Crippen molar-refractivity contribution in [3.05, 3.63) is 167 Å². The van der Waals surface area contributed by atoms with Crippen LogP contribution in [-0.4, -0.2) is 27.8 Å². The minimum absolute atomic E-state index is 0.152. The number of benzene rings is 4. The number of rotatable bonds is 7. The molecule has 0 radical (unpaired) electrons. The number of carbonyl (C=O) groups excluding carboxylic acids is 1. The van der Waals surface area contributed by atoms with E-state index in [1.807, 2.05) is 83.6 Å². The van der Waals surface area contributed by atoms with Crippen molar-refractivity contribution in [2.45, 2.75) is 5.54 Å². The van der Waals surface area contributed by atoms with Gasteiger partial charge in [0.25, 0.3) is 0 Å². The van der Waals surface area contributed by atoms with Gasteiger partial charge in [0.2, 0.25) is 0 Å². The van der Waals surface area contributed by atoms with Crippen molar-refractivity contribution < 1.29 is 13.9 Å². The molecule has 0 aliphatic carbocycles. The van der Waals surface area contributed by atoms with Crippen LogP contribution in [0, 0.1) is 5.82 Å². The Kier molecular flexibility index (Phi) is 6.96. The zero-order valence-corrected chi connectivity index (χ0v) is 22.3. The average molecular weight is 540 g/mol. The van der Waals surface area contributed by atoms with Gasteiger partial charge in [0.1, 0.15) is 11.4 Å². The number of halogens is 1. The average Bonchev–Trinajstić information content (AvgIpc) is 3.39. The lowest BCUT2D eigenvalue weighted by Crippen LogP contribution is -2.38. The highest BCUT2D eigenvalue weighted by Gasteiger charge is 2.41. The van der Waals surface area contributed by atoms with E-state index in [9.17, 15) is 4.79 Å². The number of nitrogens with zero attached hydrogens (tertiary/aromatic N) is 3. The molecular weight excluding hydrogens is 513 g/mol. The molecule has 6 rings (SSSR count). The first-order valence-corrected chi connectivity index (χ1v) is 13.2. The molecule has 5 nitrogen and oxygen atoms in total. The lowest BCUT2D eigenvalue weighted by Gasteiger charge is -2.37.